The average Bonchev–Trinajstić information content (AvgIpc) is 3.24. The highest BCUT2D eigenvalue weighted by Crippen LogP contribution is 2.30. The molecule has 1 aliphatic carbocycles. The highest BCUT2D eigenvalue weighted by Gasteiger charge is 2.49. The van der Waals surface area contributed by atoms with Crippen molar-refractivity contribution in [2.24, 2.45) is 5.73 Å². The van der Waals surface area contributed by atoms with E-state index in [1.807, 2.05) is 0 Å². The first-order valence-corrected chi connectivity index (χ1v) is 11.0. The number of nitrogens with two attached hydrogens (primary N) is 1. The Morgan fingerprint density at radius 1 is 1.21 bits per heavy atom. The number of carbonyl (C=O) groups is 3. The molecule has 33 heavy (non-hydrogen) atoms. The van der Waals surface area contributed by atoms with E-state index in [4.69, 9.17) is 5.73 Å². The van der Waals surface area contributed by atoms with Crippen LogP contribution >= 0.6 is 11.3 Å². The Kier molecular flexibility index (Phi) is 7.64. The summed E-state index contributed by atoms with van der Waals surface area (Å²) in [7, 11) is 0. The number of urea groups is 1. The molecule has 1 aromatic carbocycles. The highest BCUT2D eigenvalue weighted by molar-refractivity contribution is 7.09. The average molecular weight is 481 g/mol. The van der Waals surface area contributed by atoms with Gasteiger partial charge in [0.05, 0.1) is 12.1 Å². The molecule has 3 rings (SSSR count). The molecule has 1 heterocycles. The summed E-state index contributed by atoms with van der Waals surface area (Å²) in [5, 5.41) is 40.4. The first-order chi connectivity index (χ1) is 15.6. The summed E-state index contributed by atoms with van der Waals surface area (Å²) >= 11 is 1.37. The zero-order valence-electron chi connectivity index (χ0n) is 17.4. The summed E-state index contributed by atoms with van der Waals surface area (Å²) < 4.78 is 13.3. The molecule has 0 bridgehead atoms. The third-order valence-electron chi connectivity index (χ3n) is 5.37. The molecule has 0 radical (unpaired) electrons. The molecule has 5 atom stereocenters. The van der Waals surface area contributed by atoms with Crippen molar-refractivity contribution in [3.05, 3.63) is 52.5 Å². The minimum Gasteiger partial charge on any atom is -0.390 e. The number of aliphatic hydroxyl groups excluding tert-OH is 2. The second-order valence-corrected chi connectivity index (χ2v) is 8.96. The van der Waals surface area contributed by atoms with Gasteiger partial charge in [0.2, 0.25) is 5.91 Å². The second-order valence-electron chi connectivity index (χ2n) is 7.92. The Morgan fingerprint density at radius 2 is 1.97 bits per heavy atom. The van der Waals surface area contributed by atoms with Gasteiger partial charge in [0, 0.05) is 29.8 Å². The Hall–Kier alpha value is -3.06. The van der Waals surface area contributed by atoms with Crippen LogP contribution in [0.5, 0.6) is 0 Å². The zero-order valence-corrected chi connectivity index (χ0v) is 18.2. The van der Waals surface area contributed by atoms with Gasteiger partial charge in [0.1, 0.15) is 23.6 Å². The smallest absolute Gasteiger partial charge is 0.319 e. The fraction of sp³-hybridized carbons (Fsp3) is 0.381. The molecule has 1 aromatic heterocycles. The van der Waals surface area contributed by atoms with Gasteiger partial charge in [-0.05, 0) is 29.6 Å². The number of thiophene rings is 1. The van der Waals surface area contributed by atoms with Gasteiger partial charge in [0.25, 0.3) is 5.91 Å². The molecule has 4 amide bonds. The minimum absolute atomic E-state index is 0.123. The number of aliphatic hydroxyl groups is 3. The maximum Gasteiger partial charge on any atom is 0.319 e. The van der Waals surface area contributed by atoms with Gasteiger partial charge in [-0.2, -0.15) is 0 Å². The SMILES string of the molecule is NC(=O)C(Cc1cccs1)NC(=O)C1(O)CC(O)C(O)C(NC(=O)Nc2cccc(F)c2)C1. The lowest BCUT2D eigenvalue weighted by Crippen LogP contribution is -2.64. The van der Waals surface area contributed by atoms with E-state index in [-0.39, 0.29) is 12.1 Å². The molecule has 1 aliphatic rings. The maximum atomic E-state index is 13.3. The van der Waals surface area contributed by atoms with Crippen molar-refractivity contribution in [3.63, 3.8) is 0 Å². The summed E-state index contributed by atoms with van der Waals surface area (Å²) in [5.41, 5.74) is 3.34. The van der Waals surface area contributed by atoms with Crippen molar-refractivity contribution in [1.82, 2.24) is 10.6 Å². The first-order valence-electron chi connectivity index (χ1n) is 10.1. The van der Waals surface area contributed by atoms with E-state index in [2.05, 4.69) is 16.0 Å². The quantitative estimate of drug-likeness (QED) is 0.290. The van der Waals surface area contributed by atoms with Gasteiger partial charge in [0.15, 0.2) is 0 Å². The number of anilines is 1. The van der Waals surface area contributed by atoms with Crippen LogP contribution in [-0.4, -0.2) is 63.1 Å². The number of nitrogens with one attached hydrogen (secondary N) is 3. The Balaban J connectivity index is 1.67. The number of hydrogen-bond acceptors (Lipinski definition) is 7. The molecule has 178 valence electrons. The molecule has 0 aliphatic heterocycles. The number of hydrogen-bond donors (Lipinski definition) is 7. The van der Waals surface area contributed by atoms with E-state index in [0.29, 0.717) is 0 Å². The fourth-order valence-electron chi connectivity index (χ4n) is 3.67. The summed E-state index contributed by atoms with van der Waals surface area (Å²) in [6, 6.07) is 5.47. The minimum atomic E-state index is -2.20. The predicted octanol–water partition coefficient (Wildman–Crippen LogP) is -0.163. The van der Waals surface area contributed by atoms with Gasteiger partial charge in [-0.1, -0.05) is 12.1 Å². The van der Waals surface area contributed by atoms with E-state index in [0.717, 1.165) is 10.9 Å². The van der Waals surface area contributed by atoms with Crippen LogP contribution in [0, 0.1) is 5.82 Å². The van der Waals surface area contributed by atoms with Crippen molar-refractivity contribution in [3.8, 4) is 0 Å². The molecule has 12 heteroatoms. The number of benzene rings is 1. The molecule has 8 N–H and O–H groups in total. The van der Waals surface area contributed by atoms with Crippen LogP contribution in [0.2, 0.25) is 0 Å². The second kappa shape index (κ2) is 10.3. The van der Waals surface area contributed by atoms with Gasteiger partial charge in [-0.15, -0.1) is 11.3 Å². The molecule has 0 spiro atoms. The molecular formula is C21H25FN4O6S. The van der Waals surface area contributed by atoms with Crippen LogP contribution < -0.4 is 21.7 Å². The molecular weight excluding hydrogens is 455 g/mol. The van der Waals surface area contributed by atoms with Gasteiger partial charge < -0.3 is 37.0 Å². The first kappa shape index (κ1) is 24.6. The van der Waals surface area contributed by atoms with Crippen molar-refractivity contribution < 1.29 is 34.1 Å². The monoisotopic (exact) mass is 480 g/mol. The van der Waals surface area contributed by atoms with E-state index < -0.39 is 66.4 Å². The fourth-order valence-corrected chi connectivity index (χ4v) is 4.42. The number of halogens is 1. The number of rotatable bonds is 7. The number of amides is 4. The van der Waals surface area contributed by atoms with Crippen molar-refractivity contribution >= 4 is 34.9 Å². The van der Waals surface area contributed by atoms with Crippen LogP contribution in [-0.2, 0) is 16.0 Å². The van der Waals surface area contributed by atoms with Gasteiger partial charge in [-0.25, -0.2) is 9.18 Å². The van der Waals surface area contributed by atoms with Gasteiger partial charge >= 0.3 is 6.03 Å². The summed E-state index contributed by atoms with van der Waals surface area (Å²) in [4.78, 5) is 37.7. The van der Waals surface area contributed by atoms with Crippen LogP contribution in [0.25, 0.3) is 0 Å². The van der Waals surface area contributed by atoms with Gasteiger partial charge in [-0.3, -0.25) is 9.59 Å². The molecule has 1 saturated carbocycles. The van der Waals surface area contributed by atoms with Crippen LogP contribution in [0.15, 0.2) is 41.8 Å². The lowest BCUT2D eigenvalue weighted by Gasteiger charge is -2.41. The van der Waals surface area contributed by atoms with E-state index in [1.54, 1.807) is 17.5 Å². The van der Waals surface area contributed by atoms with Crippen molar-refractivity contribution in [2.75, 3.05) is 5.32 Å². The van der Waals surface area contributed by atoms with Crippen LogP contribution in [0.1, 0.15) is 17.7 Å². The van der Waals surface area contributed by atoms with Crippen LogP contribution in [0.4, 0.5) is 14.9 Å². The lowest BCUT2D eigenvalue weighted by atomic mass is 9.77. The highest BCUT2D eigenvalue weighted by atomic mass is 32.1. The summed E-state index contributed by atoms with van der Waals surface area (Å²) in [6.07, 6.45) is -3.86. The number of primary amides is 1. The largest absolute Gasteiger partial charge is 0.390 e. The van der Waals surface area contributed by atoms with Crippen molar-refractivity contribution in [2.45, 2.75) is 49.2 Å². The van der Waals surface area contributed by atoms with E-state index in [9.17, 15) is 34.1 Å². The standard InChI is InChI=1S/C21H25FN4O6S/c22-11-3-1-4-12(7-11)24-20(31)26-15-9-21(32,10-16(27)17(15)28)19(30)25-14(18(23)29)8-13-5-2-6-33-13/h1-7,14-17,27-28,32H,8-10H2,(H2,23,29)(H,25,30)(H2,24,26,31). The number of carbonyl (C=O) groups excluding carboxylic acids is 3. The maximum absolute atomic E-state index is 13.3. The molecule has 10 nitrogen and oxygen atoms in total. The predicted molar refractivity (Wildman–Crippen MR) is 118 cm³/mol. The Labute approximate surface area is 192 Å². The topological polar surface area (TPSA) is 174 Å². The Morgan fingerprint density at radius 3 is 2.61 bits per heavy atom. The summed E-state index contributed by atoms with van der Waals surface area (Å²) in [6.45, 7) is 0. The molecule has 5 unspecified atom stereocenters. The van der Waals surface area contributed by atoms with Crippen LogP contribution in [0.3, 0.4) is 0 Å². The van der Waals surface area contributed by atoms with E-state index >= 15 is 0 Å². The van der Waals surface area contributed by atoms with Crippen molar-refractivity contribution in [1.29, 1.82) is 0 Å². The zero-order chi connectivity index (χ0) is 24.2. The normalized spacial score (nSPS) is 25.6. The van der Waals surface area contributed by atoms with E-state index in [1.165, 1.54) is 29.5 Å². The molecule has 2 aromatic rings. The molecule has 0 saturated heterocycles. The molecule has 1 fully saturated rings. The summed E-state index contributed by atoms with van der Waals surface area (Å²) in [5.74, 6) is -2.34. The Bertz CT molecular complexity index is 1010. The third kappa shape index (κ3) is 6.26. The lowest BCUT2D eigenvalue weighted by molar-refractivity contribution is -0.158. The third-order valence-corrected chi connectivity index (χ3v) is 6.27.